The van der Waals surface area contributed by atoms with Crippen molar-refractivity contribution in [3.63, 3.8) is 0 Å². The highest BCUT2D eigenvalue weighted by molar-refractivity contribution is 5.77. The lowest BCUT2D eigenvalue weighted by Crippen LogP contribution is -2.23. The molecule has 0 aliphatic heterocycles. The zero-order valence-electron chi connectivity index (χ0n) is 9.88. The van der Waals surface area contributed by atoms with E-state index in [0.29, 0.717) is 11.6 Å². The highest BCUT2D eigenvalue weighted by Crippen LogP contribution is 2.18. The highest BCUT2D eigenvalue weighted by atomic mass is 16.3. The summed E-state index contributed by atoms with van der Waals surface area (Å²) in [7, 11) is 3.45. The second-order valence-electron chi connectivity index (χ2n) is 3.97. The van der Waals surface area contributed by atoms with E-state index in [2.05, 4.69) is 4.98 Å². The molecule has 0 N–H and O–H groups in total. The summed E-state index contributed by atoms with van der Waals surface area (Å²) in [5, 5.41) is 0. The normalized spacial score (nSPS) is 10.2. The van der Waals surface area contributed by atoms with E-state index >= 15 is 0 Å². The van der Waals surface area contributed by atoms with Crippen molar-refractivity contribution in [2.24, 2.45) is 0 Å². The maximum atomic E-state index is 11.5. The number of carbonyl (C=O) groups excluding carboxylic acids is 1. The summed E-state index contributed by atoms with van der Waals surface area (Å²) in [5.74, 6) is 0.560. The molecule has 0 bridgehead atoms. The molecule has 0 saturated heterocycles. The summed E-state index contributed by atoms with van der Waals surface area (Å²) >= 11 is 0. The molecule has 0 saturated carbocycles. The smallest absolute Gasteiger partial charge is 0.228 e. The number of carbonyl (C=O) groups is 1. The molecular weight excluding hydrogens is 216 g/mol. The second kappa shape index (κ2) is 4.82. The lowest BCUT2D eigenvalue weighted by Gasteiger charge is -2.07. The molecule has 0 unspecified atom stereocenters. The number of aromatic nitrogens is 1. The molecule has 0 radical (unpaired) electrons. The Hall–Kier alpha value is -2.10. The highest BCUT2D eigenvalue weighted by Gasteiger charge is 2.11. The Kier molecular flexibility index (Phi) is 3.23. The van der Waals surface area contributed by atoms with Crippen molar-refractivity contribution in [2.75, 3.05) is 14.1 Å². The van der Waals surface area contributed by atoms with Crippen molar-refractivity contribution in [3.8, 4) is 11.5 Å². The zero-order valence-corrected chi connectivity index (χ0v) is 9.88. The van der Waals surface area contributed by atoms with Crippen molar-refractivity contribution in [2.45, 2.75) is 6.42 Å². The third kappa shape index (κ3) is 2.72. The van der Waals surface area contributed by atoms with Gasteiger partial charge in [0.05, 0.1) is 12.1 Å². The van der Waals surface area contributed by atoms with Crippen molar-refractivity contribution in [3.05, 3.63) is 42.3 Å². The predicted molar refractivity (Wildman–Crippen MR) is 64.3 cm³/mol. The number of likely N-dealkylation sites (N-methyl/N-ethyl adjacent to an activating group) is 1. The summed E-state index contributed by atoms with van der Waals surface area (Å²) in [6, 6.07) is 9.62. The number of oxazole rings is 1. The van der Waals surface area contributed by atoms with E-state index in [1.165, 1.54) is 11.2 Å². The van der Waals surface area contributed by atoms with Crippen LogP contribution in [0, 0.1) is 0 Å². The molecule has 1 amide bonds. The molecule has 1 aromatic heterocycles. The van der Waals surface area contributed by atoms with E-state index in [1.54, 1.807) is 14.1 Å². The first-order valence-corrected chi connectivity index (χ1v) is 5.37. The molecule has 4 heteroatoms. The van der Waals surface area contributed by atoms with E-state index in [1.807, 2.05) is 30.3 Å². The van der Waals surface area contributed by atoms with Gasteiger partial charge in [-0.25, -0.2) is 4.98 Å². The average molecular weight is 230 g/mol. The van der Waals surface area contributed by atoms with Crippen LogP contribution >= 0.6 is 0 Å². The van der Waals surface area contributed by atoms with E-state index in [0.717, 1.165) is 5.56 Å². The molecule has 0 aliphatic rings. The first-order valence-electron chi connectivity index (χ1n) is 5.37. The minimum atomic E-state index is 0.0120. The van der Waals surface area contributed by atoms with E-state index in [-0.39, 0.29) is 12.3 Å². The van der Waals surface area contributed by atoms with Crippen LogP contribution in [0.25, 0.3) is 11.5 Å². The molecule has 0 atom stereocenters. The van der Waals surface area contributed by atoms with Gasteiger partial charge in [-0.05, 0) is 12.1 Å². The van der Waals surface area contributed by atoms with Gasteiger partial charge in [0.25, 0.3) is 0 Å². The van der Waals surface area contributed by atoms with Crippen LogP contribution in [0.4, 0.5) is 0 Å². The van der Waals surface area contributed by atoms with Gasteiger partial charge in [-0.2, -0.15) is 0 Å². The van der Waals surface area contributed by atoms with Crippen LogP contribution in [0.1, 0.15) is 5.69 Å². The fourth-order valence-corrected chi connectivity index (χ4v) is 1.41. The standard InChI is InChI=1S/C13H14N2O2/c1-15(2)12(16)8-11-9-17-13(14-11)10-6-4-3-5-7-10/h3-7,9H,8H2,1-2H3. The van der Waals surface area contributed by atoms with Gasteiger partial charge in [-0.1, -0.05) is 18.2 Å². The third-order valence-corrected chi connectivity index (χ3v) is 2.40. The summed E-state index contributed by atoms with van der Waals surface area (Å²) < 4.78 is 5.35. The lowest BCUT2D eigenvalue weighted by atomic mass is 10.2. The molecule has 88 valence electrons. The number of benzene rings is 1. The average Bonchev–Trinajstić information content (AvgIpc) is 2.78. The number of rotatable bonds is 3. The Morgan fingerprint density at radius 1 is 1.29 bits per heavy atom. The van der Waals surface area contributed by atoms with Gasteiger partial charge in [0.1, 0.15) is 6.26 Å². The molecule has 4 nitrogen and oxygen atoms in total. The fraction of sp³-hybridized carbons (Fsp3) is 0.231. The molecule has 0 fully saturated rings. The van der Waals surface area contributed by atoms with Gasteiger partial charge >= 0.3 is 0 Å². The Labute approximate surface area is 99.9 Å². The Morgan fingerprint density at radius 3 is 2.65 bits per heavy atom. The minimum Gasteiger partial charge on any atom is -0.444 e. The van der Waals surface area contributed by atoms with Gasteiger partial charge in [0.2, 0.25) is 11.8 Å². The zero-order chi connectivity index (χ0) is 12.3. The molecule has 1 aromatic carbocycles. The van der Waals surface area contributed by atoms with Crippen LogP contribution in [0.15, 0.2) is 41.0 Å². The van der Waals surface area contributed by atoms with Crippen LogP contribution in [0.2, 0.25) is 0 Å². The minimum absolute atomic E-state index is 0.0120. The summed E-state index contributed by atoms with van der Waals surface area (Å²) in [4.78, 5) is 17.3. The van der Waals surface area contributed by atoms with Gasteiger partial charge in [0.15, 0.2) is 0 Å². The molecule has 2 rings (SSSR count). The van der Waals surface area contributed by atoms with Gasteiger partial charge in [-0.3, -0.25) is 4.79 Å². The quantitative estimate of drug-likeness (QED) is 0.809. The van der Waals surface area contributed by atoms with Crippen molar-refractivity contribution < 1.29 is 9.21 Å². The van der Waals surface area contributed by atoms with E-state index < -0.39 is 0 Å². The molecule has 17 heavy (non-hydrogen) atoms. The second-order valence-corrected chi connectivity index (χ2v) is 3.97. The van der Waals surface area contributed by atoms with Crippen molar-refractivity contribution in [1.82, 2.24) is 9.88 Å². The number of hydrogen-bond donors (Lipinski definition) is 0. The first kappa shape index (κ1) is 11.4. The summed E-state index contributed by atoms with van der Waals surface area (Å²) in [6.45, 7) is 0. The Morgan fingerprint density at radius 2 is 2.00 bits per heavy atom. The first-order chi connectivity index (χ1) is 8.16. The van der Waals surface area contributed by atoms with E-state index in [4.69, 9.17) is 4.42 Å². The SMILES string of the molecule is CN(C)C(=O)Cc1coc(-c2ccccc2)n1. The maximum Gasteiger partial charge on any atom is 0.228 e. The van der Waals surface area contributed by atoms with Crippen LogP contribution < -0.4 is 0 Å². The fourth-order valence-electron chi connectivity index (χ4n) is 1.41. The van der Waals surface area contributed by atoms with E-state index in [9.17, 15) is 4.79 Å². The van der Waals surface area contributed by atoms with Crippen LogP contribution in [-0.2, 0) is 11.2 Å². The Bertz CT molecular complexity index is 503. The van der Waals surface area contributed by atoms with Gasteiger partial charge in [-0.15, -0.1) is 0 Å². The maximum absolute atomic E-state index is 11.5. The monoisotopic (exact) mass is 230 g/mol. The molecule has 0 spiro atoms. The number of amides is 1. The Balaban J connectivity index is 2.14. The number of hydrogen-bond acceptors (Lipinski definition) is 3. The molecule has 2 aromatic rings. The third-order valence-electron chi connectivity index (χ3n) is 2.40. The predicted octanol–water partition coefficient (Wildman–Crippen LogP) is 1.97. The molecule has 0 aliphatic carbocycles. The largest absolute Gasteiger partial charge is 0.444 e. The number of nitrogens with zero attached hydrogens (tertiary/aromatic N) is 2. The topological polar surface area (TPSA) is 46.3 Å². The van der Waals surface area contributed by atoms with Crippen molar-refractivity contribution >= 4 is 5.91 Å². The lowest BCUT2D eigenvalue weighted by molar-refractivity contribution is -0.128. The summed E-state index contributed by atoms with van der Waals surface area (Å²) in [5.41, 5.74) is 1.57. The molecule has 1 heterocycles. The molecular formula is C13H14N2O2. The summed E-state index contributed by atoms with van der Waals surface area (Å²) in [6.07, 6.45) is 1.80. The van der Waals surface area contributed by atoms with Crippen molar-refractivity contribution in [1.29, 1.82) is 0 Å². The van der Waals surface area contributed by atoms with Gasteiger partial charge in [0, 0.05) is 19.7 Å². The van der Waals surface area contributed by atoms with Crippen LogP contribution in [0.5, 0.6) is 0 Å². The van der Waals surface area contributed by atoms with Gasteiger partial charge < -0.3 is 9.32 Å². The van der Waals surface area contributed by atoms with Crippen LogP contribution in [0.3, 0.4) is 0 Å². The van der Waals surface area contributed by atoms with Crippen LogP contribution in [-0.4, -0.2) is 29.9 Å².